The van der Waals surface area contributed by atoms with E-state index in [0.717, 1.165) is 37.3 Å². The Hall–Kier alpha value is -2.74. The molecule has 2 aromatic rings. The minimum absolute atomic E-state index is 0.215. The summed E-state index contributed by atoms with van der Waals surface area (Å²) in [5.74, 6) is 1.66. The Morgan fingerprint density at radius 3 is 2.55 bits per heavy atom. The molecule has 1 heterocycles. The van der Waals surface area contributed by atoms with Crippen LogP contribution in [0.1, 0.15) is 47.8 Å². The summed E-state index contributed by atoms with van der Waals surface area (Å²) in [6.07, 6.45) is 8.14. The number of amides is 1. The smallest absolute Gasteiger partial charge is 0.258 e. The van der Waals surface area contributed by atoms with Crippen LogP contribution >= 0.6 is 0 Å². The largest absolute Gasteiger partial charge is 0.438 e. The highest BCUT2D eigenvalue weighted by atomic mass is 32.2. The van der Waals surface area contributed by atoms with E-state index < -0.39 is 9.84 Å². The normalized spacial score (nSPS) is 17.8. The van der Waals surface area contributed by atoms with Gasteiger partial charge >= 0.3 is 0 Å². The zero-order valence-electron chi connectivity index (χ0n) is 16.1. The first kappa shape index (κ1) is 19.6. The number of hydrogen-bond donors (Lipinski definition) is 1. The highest BCUT2D eigenvalue weighted by Gasteiger charge is 2.33. The number of carbonyl (C=O) groups excluding carboxylic acids is 1. The molecule has 0 aliphatic heterocycles. The van der Waals surface area contributed by atoms with Crippen LogP contribution in [0.2, 0.25) is 0 Å². The zero-order valence-corrected chi connectivity index (χ0v) is 16.9. The van der Waals surface area contributed by atoms with E-state index in [9.17, 15) is 13.2 Å². The molecule has 1 unspecified atom stereocenters. The van der Waals surface area contributed by atoms with Crippen molar-refractivity contribution in [2.24, 2.45) is 5.92 Å². The van der Waals surface area contributed by atoms with Crippen LogP contribution in [0, 0.1) is 5.92 Å². The number of carbonyl (C=O) groups is 1. The molecule has 29 heavy (non-hydrogen) atoms. The van der Waals surface area contributed by atoms with E-state index >= 15 is 0 Å². The van der Waals surface area contributed by atoms with Crippen molar-refractivity contribution in [2.75, 3.05) is 6.26 Å². The Morgan fingerprint density at radius 1 is 1.21 bits per heavy atom. The summed E-state index contributed by atoms with van der Waals surface area (Å²) in [7, 11) is -3.26. The Bertz CT molecular complexity index is 1030. The summed E-state index contributed by atoms with van der Waals surface area (Å²) in [5.41, 5.74) is 0.233. The number of nitrogens with one attached hydrogen (secondary N) is 1. The van der Waals surface area contributed by atoms with E-state index in [0.29, 0.717) is 17.5 Å². The first-order chi connectivity index (χ1) is 13.9. The van der Waals surface area contributed by atoms with Gasteiger partial charge in [-0.3, -0.25) is 4.79 Å². The lowest BCUT2D eigenvalue weighted by Gasteiger charge is -2.16. The summed E-state index contributed by atoms with van der Waals surface area (Å²) >= 11 is 0. The molecule has 2 aliphatic carbocycles. The fraction of sp³-hybridized carbons (Fsp3) is 0.381. The van der Waals surface area contributed by atoms with Crippen molar-refractivity contribution in [1.29, 1.82) is 0 Å². The molecule has 0 spiro atoms. The van der Waals surface area contributed by atoms with E-state index in [2.05, 4.69) is 15.3 Å². The minimum atomic E-state index is -3.26. The van der Waals surface area contributed by atoms with Crippen molar-refractivity contribution in [2.45, 2.75) is 37.6 Å². The molecule has 4 rings (SSSR count). The molecule has 0 saturated heterocycles. The van der Waals surface area contributed by atoms with E-state index in [-0.39, 0.29) is 29.3 Å². The summed E-state index contributed by atoms with van der Waals surface area (Å²) < 4.78 is 28.8. The predicted octanol–water partition coefficient (Wildman–Crippen LogP) is 3.21. The fourth-order valence-corrected chi connectivity index (χ4v) is 3.44. The molecule has 2 fully saturated rings. The van der Waals surface area contributed by atoms with Gasteiger partial charge in [-0.2, -0.15) is 4.98 Å². The second-order valence-electron chi connectivity index (χ2n) is 7.63. The Balaban J connectivity index is 1.58. The number of aromatic nitrogens is 2. The lowest BCUT2D eigenvalue weighted by molar-refractivity contribution is 0.0937. The number of rotatable bonds is 8. The average molecular weight is 413 g/mol. The number of nitrogens with zero attached hydrogens (tertiary/aromatic N) is 2. The van der Waals surface area contributed by atoms with Crippen LogP contribution < -0.4 is 10.1 Å². The number of benzene rings is 1. The fourth-order valence-electron chi connectivity index (χ4n) is 2.99. The van der Waals surface area contributed by atoms with Gasteiger partial charge in [0.05, 0.1) is 6.04 Å². The summed E-state index contributed by atoms with van der Waals surface area (Å²) in [5, 5.41) is 4.05. The third kappa shape index (κ3) is 5.41. The maximum Gasteiger partial charge on any atom is 0.258 e. The Labute approximate surface area is 170 Å². The van der Waals surface area contributed by atoms with Crippen molar-refractivity contribution in [1.82, 2.24) is 15.3 Å². The summed E-state index contributed by atoms with van der Waals surface area (Å²) in [6, 6.07) is 8.80. The number of ether oxygens (including phenoxy) is 1. The van der Waals surface area contributed by atoms with Crippen molar-refractivity contribution in [3.63, 3.8) is 0 Å². The lowest BCUT2D eigenvalue weighted by Crippen LogP contribution is -2.35. The predicted molar refractivity (Wildman–Crippen MR) is 108 cm³/mol. The summed E-state index contributed by atoms with van der Waals surface area (Å²) in [6.45, 7) is 0. The van der Waals surface area contributed by atoms with E-state index in [1.54, 1.807) is 18.2 Å². The van der Waals surface area contributed by atoms with Crippen LogP contribution in [0.25, 0.3) is 0 Å². The van der Waals surface area contributed by atoms with Gasteiger partial charge in [0.25, 0.3) is 5.91 Å². The zero-order chi connectivity index (χ0) is 20.4. The van der Waals surface area contributed by atoms with Gasteiger partial charge < -0.3 is 10.1 Å². The van der Waals surface area contributed by atoms with Gasteiger partial charge in [0.1, 0.15) is 17.1 Å². The molecule has 0 bridgehead atoms. The van der Waals surface area contributed by atoms with Crippen LogP contribution in [-0.2, 0) is 9.84 Å². The second-order valence-corrected chi connectivity index (χ2v) is 9.56. The maximum atomic E-state index is 13.0. The molecule has 1 atom stereocenters. The van der Waals surface area contributed by atoms with Gasteiger partial charge in [-0.1, -0.05) is 24.3 Å². The van der Waals surface area contributed by atoms with Crippen LogP contribution in [-0.4, -0.2) is 36.6 Å². The van der Waals surface area contributed by atoms with Crippen molar-refractivity contribution in [3.05, 3.63) is 59.4 Å². The number of sulfone groups is 1. The highest BCUT2D eigenvalue weighted by molar-refractivity contribution is 7.93. The molecule has 1 aromatic heterocycles. The van der Waals surface area contributed by atoms with E-state index in [1.807, 2.05) is 18.2 Å². The van der Waals surface area contributed by atoms with Gasteiger partial charge in [0, 0.05) is 23.8 Å². The Morgan fingerprint density at radius 2 is 1.93 bits per heavy atom. The first-order valence-corrected chi connectivity index (χ1v) is 11.6. The SMILES string of the molecule is CS(=O)(=O)C=CC(NC(=O)c1cnc(C2CC2)nc1Oc1ccccc1)C1CC1. The lowest BCUT2D eigenvalue weighted by atomic mass is 10.1. The van der Waals surface area contributed by atoms with Gasteiger partial charge in [0.2, 0.25) is 5.88 Å². The number of para-hydroxylation sites is 1. The number of hydrogen-bond acceptors (Lipinski definition) is 6. The van der Waals surface area contributed by atoms with Gasteiger partial charge in [0.15, 0.2) is 9.84 Å². The molecule has 1 amide bonds. The third-order valence-corrected chi connectivity index (χ3v) is 5.53. The molecule has 0 radical (unpaired) electrons. The minimum Gasteiger partial charge on any atom is -0.438 e. The molecule has 8 heteroatoms. The monoisotopic (exact) mass is 413 g/mol. The molecule has 152 valence electrons. The molecule has 7 nitrogen and oxygen atoms in total. The standard InChI is InChI=1S/C21H23N3O4S/c1-29(26,27)12-11-18(14-7-8-14)23-20(25)17-13-22-19(15-9-10-15)24-21(17)28-16-5-3-2-4-6-16/h2-6,11-15,18H,7-10H2,1H3,(H,23,25). The van der Waals surface area contributed by atoms with Crippen molar-refractivity contribution in [3.8, 4) is 11.6 Å². The van der Waals surface area contributed by atoms with Crippen molar-refractivity contribution < 1.29 is 17.9 Å². The van der Waals surface area contributed by atoms with Crippen LogP contribution in [0.4, 0.5) is 0 Å². The molecular formula is C21H23N3O4S. The molecular weight excluding hydrogens is 390 g/mol. The van der Waals surface area contributed by atoms with Gasteiger partial charge in [-0.25, -0.2) is 13.4 Å². The van der Waals surface area contributed by atoms with E-state index in [1.165, 1.54) is 6.20 Å². The highest BCUT2D eigenvalue weighted by Crippen LogP contribution is 2.39. The molecule has 2 saturated carbocycles. The average Bonchev–Trinajstić information content (AvgIpc) is 3.57. The molecule has 1 aromatic carbocycles. The van der Waals surface area contributed by atoms with Crippen LogP contribution in [0.3, 0.4) is 0 Å². The van der Waals surface area contributed by atoms with Crippen LogP contribution in [0.15, 0.2) is 48.0 Å². The third-order valence-electron chi connectivity index (χ3n) is 4.88. The van der Waals surface area contributed by atoms with E-state index in [4.69, 9.17) is 4.74 Å². The van der Waals surface area contributed by atoms with Gasteiger partial charge in [-0.15, -0.1) is 0 Å². The second kappa shape index (κ2) is 7.94. The Kier molecular flexibility index (Phi) is 5.36. The maximum absolute atomic E-state index is 13.0. The van der Waals surface area contributed by atoms with Gasteiger partial charge in [-0.05, 0) is 43.7 Å². The topological polar surface area (TPSA) is 98.2 Å². The quantitative estimate of drug-likeness (QED) is 0.714. The first-order valence-electron chi connectivity index (χ1n) is 9.68. The summed E-state index contributed by atoms with van der Waals surface area (Å²) in [4.78, 5) is 21.8. The molecule has 1 N–H and O–H groups in total. The molecule has 2 aliphatic rings. The van der Waals surface area contributed by atoms with Crippen LogP contribution in [0.5, 0.6) is 11.6 Å². The van der Waals surface area contributed by atoms with Crippen molar-refractivity contribution >= 4 is 15.7 Å².